The zero-order valence-electron chi connectivity index (χ0n) is 15.0. The summed E-state index contributed by atoms with van der Waals surface area (Å²) in [7, 11) is 4.79. The number of nitrogens with two attached hydrogens (primary N) is 1. The first kappa shape index (κ1) is 18.6. The van der Waals surface area contributed by atoms with E-state index in [1.54, 1.807) is 13.0 Å². The van der Waals surface area contributed by atoms with Crippen molar-refractivity contribution in [3.63, 3.8) is 0 Å². The van der Waals surface area contributed by atoms with E-state index in [1.165, 1.54) is 14.2 Å². The van der Waals surface area contributed by atoms with Gasteiger partial charge in [0.2, 0.25) is 0 Å². The highest BCUT2D eigenvalue weighted by atomic mass is 16.7. The van der Waals surface area contributed by atoms with E-state index in [4.69, 9.17) is 19.9 Å². The van der Waals surface area contributed by atoms with Crippen LogP contribution in [-0.4, -0.2) is 34.0 Å². The molecule has 0 aliphatic carbocycles. The Morgan fingerprint density at radius 3 is 2.48 bits per heavy atom. The van der Waals surface area contributed by atoms with Crippen LogP contribution in [0, 0.1) is 6.92 Å². The van der Waals surface area contributed by atoms with E-state index in [-0.39, 0.29) is 6.79 Å². The summed E-state index contributed by atoms with van der Waals surface area (Å²) in [5, 5.41) is 0. The number of methoxy groups -OCH3 is 2. The number of carbonyl (C=O) groups is 1. The molecule has 2 rings (SSSR count). The molecule has 0 fully saturated rings. The van der Waals surface area contributed by atoms with Gasteiger partial charge in [-0.15, -0.1) is 0 Å². The van der Waals surface area contributed by atoms with Gasteiger partial charge in [0.15, 0.2) is 6.79 Å². The van der Waals surface area contributed by atoms with Crippen LogP contribution in [0.4, 0.5) is 11.4 Å². The predicted molar refractivity (Wildman–Crippen MR) is 98.0 cm³/mol. The molecule has 2 aromatic rings. The molecule has 0 atom stereocenters. The Hall–Kier alpha value is -2.73. The van der Waals surface area contributed by atoms with Crippen molar-refractivity contribution < 1.29 is 19.0 Å². The van der Waals surface area contributed by atoms with Crippen molar-refractivity contribution in [3.8, 4) is 5.75 Å². The average molecular weight is 344 g/mol. The number of ether oxygens (including phenoxy) is 3. The van der Waals surface area contributed by atoms with Gasteiger partial charge < -0.3 is 24.8 Å². The Bertz CT molecular complexity index is 732. The fourth-order valence-corrected chi connectivity index (χ4v) is 2.64. The number of hydrogen-bond donors (Lipinski definition) is 1. The third-order valence-electron chi connectivity index (χ3n) is 3.96. The molecule has 0 aromatic heterocycles. The number of anilines is 2. The van der Waals surface area contributed by atoms with Gasteiger partial charge in [0, 0.05) is 26.8 Å². The number of hydrogen-bond acceptors (Lipinski definition) is 6. The predicted octanol–water partition coefficient (Wildman–Crippen LogP) is 2.98. The minimum Gasteiger partial charge on any atom is -0.467 e. The molecule has 6 nitrogen and oxygen atoms in total. The molecule has 0 saturated carbocycles. The van der Waals surface area contributed by atoms with Crippen LogP contribution in [0.5, 0.6) is 5.75 Å². The lowest BCUT2D eigenvalue weighted by atomic mass is 10.0. The fraction of sp³-hybridized carbons (Fsp3) is 0.316. The van der Waals surface area contributed by atoms with Gasteiger partial charge in [0.1, 0.15) is 11.3 Å². The first-order chi connectivity index (χ1) is 12.0. The SMILES string of the molecule is COCOc1cc(N(C)Cc2ccccc2)c(N)c(C)c1C(=O)OC. The van der Waals surface area contributed by atoms with Crippen molar-refractivity contribution in [1.82, 2.24) is 0 Å². The van der Waals surface area contributed by atoms with Crippen molar-refractivity contribution >= 4 is 17.3 Å². The third kappa shape index (κ3) is 4.22. The second-order valence-electron chi connectivity index (χ2n) is 5.69. The number of rotatable bonds is 7. The molecule has 2 aromatic carbocycles. The summed E-state index contributed by atoms with van der Waals surface area (Å²) in [6, 6.07) is 11.8. The van der Waals surface area contributed by atoms with Crippen molar-refractivity contribution in [3.05, 3.63) is 53.1 Å². The molecule has 6 heteroatoms. The first-order valence-electron chi connectivity index (χ1n) is 7.87. The van der Waals surface area contributed by atoms with Crippen LogP contribution in [0.15, 0.2) is 36.4 Å². The molecular weight excluding hydrogens is 320 g/mol. The Morgan fingerprint density at radius 2 is 1.88 bits per heavy atom. The van der Waals surface area contributed by atoms with E-state index in [2.05, 4.69) is 0 Å². The molecule has 0 amide bonds. The van der Waals surface area contributed by atoms with Crippen molar-refractivity contribution in [2.24, 2.45) is 0 Å². The molecule has 0 saturated heterocycles. The van der Waals surface area contributed by atoms with Crippen molar-refractivity contribution in [1.29, 1.82) is 0 Å². The van der Waals surface area contributed by atoms with Crippen LogP contribution < -0.4 is 15.4 Å². The lowest BCUT2D eigenvalue weighted by Crippen LogP contribution is -2.20. The van der Waals surface area contributed by atoms with Gasteiger partial charge in [-0.3, -0.25) is 0 Å². The van der Waals surface area contributed by atoms with E-state index in [0.717, 1.165) is 11.3 Å². The summed E-state index contributed by atoms with van der Waals surface area (Å²) in [5.41, 5.74) is 9.67. The number of benzene rings is 2. The van der Waals surface area contributed by atoms with Gasteiger partial charge in [-0.25, -0.2) is 4.79 Å². The maximum Gasteiger partial charge on any atom is 0.342 e. The van der Waals surface area contributed by atoms with Crippen LogP contribution >= 0.6 is 0 Å². The molecule has 25 heavy (non-hydrogen) atoms. The zero-order valence-corrected chi connectivity index (χ0v) is 15.0. The zero-order chi connectivity index (χ0) is 18.4. The minimum absolute atomic E-state index is 0.0230. The minimum atomic E-state index is -0.493. The maximum atomic E-state index is 12.1. The molecule has 0 aliphatic rings. The van der Waals surface area contributed by atoms with Gasteiger partial charge in [-0.1, -0.05) is 30.3 Å². The molecule has 0 aliphatic heterocycles. The normalized spacial score (nSPS) is 10.4. The first-order valence-corrected chi connectivity index (χ1v) is 7.87. The van der Waals surface area contributed by atoms with E-state index in [9.17, 15) is 4.79 Å². The average Bonchev–Trinajstić information content (AvgIpc) is 2.62. The number of esters is 1. The topological polar surface area (TPSA) is 74.0 Å². The van der Waals surface area contributed by atoms with Gasteiger partial charge >= 0.3 is 5.97 Å². The van der Waals surface area contributed by atoms with Gasteiger partial charge in [-0.05, 0) is 18.1 Å². The number of nitrogen functional groups attached to an aromatic ring is 1. The molecule has 0 bridgehead atoms. The van der Waals surface area contributed by atoms with E-state index >= 15 is 0 Å². The summed E-state index contributed by atoms with van der Waals surface area (Å²) >= 11 is 0. The highest BCUT2D eigenvalue weighted by Crippen LogP contribution is 2.36. The second-order valence-corrected chi connectivity index (χ2v) is 5.69. The van der Waals surface area contributed by atoms with Gasteiger partial charge in [-0.2, -0.15) is 0 Å². The molecule has 2 N–H and O–H groups in total. The molecule has 0 radical (unpaired) electrons. The maximum absolute atomic E-state index is 12.1. The third-order valence-corrected chi connectivity index (χ3v) is 3.96. The van der Waals surface area contributed by atoms with Crippen LogP contribution in [0.2, 0.25) is 0 Å². The summed E-state index contributed by atoms with van der Waals surface area (Å²) in [6.07, 6.45) is 0. The Kier molecular flexibility index (Phi) is 6.25. The Labute approximate surface area is 148 Å². The molecular formula is C19H24N2O4. The number of nitrogens with zero attached hydrogens (tertiary/aromatic N) is 1. The van der Waals surface area contributed by atoms with Crippen molar-refractivity contribution in [2.45, 2.75) is 13.5 Å². The van der Waals surface area contributed by atoms with Crippen LogP contribution in [-0.2, 0) is 16.0 Å². The standard InChI is InChI=1S/C19H24N2O4/c1-13-17(19(22)24-4)16(25-12-23-3)10-15(18(13)20)21(2)11-14-8-6-5-7-9-14/h5-10H,11-12,20H2,1-4H3. The molecule has 0 unspecified atom stereocenters. The summed E-state index contributed by atoms with van der Waals surface area (Å²) in [5.74, 6) is -0.108. The van der Waals surface area contributed by atoms with E-state index in [1.807, 2.05) is 42.3 Å². The molecule has 134 valence electrons. The van der Waals surface area contributed by atoms with Crippen LogP contribution in [0.3, 0.4) is 0 Å². The number of carbonyl (C=O) groups excluding carboxylic acids is 1. The largest absolute Gasteiger partial charge is 0.467 e. The monoisotopic (exact) mass is 344 g/mol. The van der Waals surface area contributed by atoms with Crippen LogP contribution in [0.1, 0.15) is 21.5 Å². The van der Waals surface area contributed by atoms with Gasteiger partial charge in [0.05, 0.1) is 18.5 Å². The quantitative estimate of drug-likeness (QED) is 0.473. The second kappa shape index (κ2) is 8.39. The fourth-order valence-electron chi connectivity index (χ4n) is 2.64. The van der Waals surface area contributed by atoms with Crippen molar-refractivity contribution in [2.75, 3.05) is 38.7 Å². The summed E-state index contributed by atoms with van der Waals surface area (Å²) in [6.45, 7) is 2.47. The van der Waals surface area contributed by atoms with E-state index in [0.29, 0.717) is 29.1 Å². The Morgan fingerprint density at radius 1 is 1.20 bits per heavy atom. The lowest BCUT2D eigenvalue weighted by Gasteiger charge is -2.24. The Balaban J connectivity index is 2.43. The van der Waals surface area contributed by atoms with Gasteiger partial charge in [0.25, 0.3) is 0 Å². The smallest absolute Gasteiger partial charge is 0.342 e. The molecule has 0 spiro atoms. The lowest BCUT2D eigenvalue weighted by molar-refractivity contribution is 0.0464. The van der Waals surface area contributed by atoms with E-state index < -0.39 is 5.97 Å². The highest BCUT2D eigenvalue weighted by Gasteiger charge is 2.22. The summed E-state index contributed by atoms with van der Waals surface area (Å²) < 4.78 is 15.4. The molecule has 0 heterocycles. The summed E-state index contributed by atoms with van der Waals surface area (Å²) in [4.78, 5) is 14.1. The van der Waals surface area contributed by atoms with Crippen LogP contribution in [0.25, 0.3) is 0 Å². The highest BCUT2D eigenvalue weighted by molar-refractivity contribution is 5.98.